The van der Waals surface area contributed by atoms with E-state index in [9.17, 15) is 0 Å². The van der Waals surface area contributed by atoms with Crippen molar-refractivity contribution in [2.45, 2.75) is 0 Å². The summed E-state index contributed by atoms with van der Waals surface area (Å²) in [4.78, 5) is 10.4. The number of nitrogens with zero attached hydrogens (tertiary/aromatic N) is 2. The third-order valence-electron chi connectivity index (χ3n) is 9.48. The second kappa shape index (κ2) is 11.7. The van der Waals surface area contributed by atoms with Crippen molar-refractivity contribution < 1.29 is 4.42 Å². The zero-order valence-corrected chi connectivity index (χ0v) is 27.7. The Labute approximate surface area is 292 Å². The molecule has 50 heavy (non-hydrogen) atoms. The highest BCUT2D eigenvalue weighted by Crippen LogP contribution is 2.39. The first-order chi connectivity index (χ1) is 24.7. The lowest BCUT2D eigenvalue weighted by Crippen LogP contribution is -1.96. The van der Waals surface area contributed by atoms with Crippen LogP contribution in [0.5, 0.6) is 0 Å². The molecule has 0 saturated heterocycles. The van der Waals surface area contributed by atoms with Gasteiger partial charge in [-0.2, -0.15) is 0 Å². The van der Waals surface area contributed by atoms with E-state index < -0.39 is 0 Å². The predicted octanol–water partition coefficient (Wildman–Crippen LogP) is 13.1. The molecular formula is C46H28N2OS. The van der Waals surface area contributed by atoms with Gasteiger partial charge in [0.05, 0.1) is 11.4 Å². The first-order valence-corrected chi connectivity index (χ1v) is 17.5. The molecule has 10 aromatic rings. The Hall–Kier alpha value is -6.36. The van der Waals surface area contributed by atoms with Gasteiger partial charge in [-0.25, -0.2) is 9.97 Å². The Bertz CT molecular complexity index is 2670. The van der Waals surface area contributed by atoms with Gasteiger partial charge in [0.2, 0.25) is 0 Å². The molecule has 0 atom stereocenters. The average Bonchev–Trinajstić information content (AvgIpc) is 3.76. The number of hydrogen-bond acceptors (Lipinski definition) is 4. The molecule has 234 valence electrons. The number of rotatable bonds is 5. The smallest absolute Gasteiger partial charge is 0.160 e. The molecule has 0 bridgehead atoms. The Kier molecular flexibility index (Phi) is 6.68. The van der Waals surface area contributed by atoms with Crippen molar-refractivity contribution in [2.24, 2.45) is 0 Å². The molecule has 3 nitrogen and oxygen atoms in total. The van der Waals surface area contributed by atoms with Gasteiger partial charge in [0, 0.05) is 47.6 Å². The van der Waals surface area contributed by atoms with Crippen LogP contribution in [-0.2, 0) is 0 Å². The molecule has 0 N–H and O–H groups in total. The summed E-state index contributed by atoms with van der Waals surface area (Å²) in [6.07, 6.45) is 0. The van der Waals surface area contributed by atoms with E-state index in [1.165, 1.54) is 25.7 Å². The molecule has 0 amide bonds. The number of fused-ring (bicyclic) bond motifs is 6. The van der Waals surface area contributed by atoms with E-state index in [0.29, 0.717) is 5.82 Å². The molecule has 0 aliphatic heterocycles. The summed E-state index contributed by atoms with van der Waals surface area (Å²) in [7, 11) is 0. The van der Waals surface area contributed by atoms with Crippen LogP contribution in [-0.4, -0.2) is 9.97 Å². The van der Waals surface area contributed by atoms with Crippen molar-refractivity contribution in [3.63, 3.8) is 0 Å². The van der Waals surface area contributed by atoms with Crippen LogP contribution in [0.4, 0.5) is 0 Å². The minimum Gasteiger partial charge on any atom is -0.456 e. The third kappa shape index (κ3) is 4.97. The number of thiophene rings is 1. The van der Waals surface area contributed by atoms with Gasteiger partial charge in [0.1, 0.15) is 11.2 Å². The van der Waals surface area contributed by atoms with Gasteiger partial charge >= 0.3 is 0 Å². The molecule has 4 heteroatoms. The maximum atomic E-state index is 6.15. The molecule has 3 heterocycles. The Balaban J connectivity index is 1.19. The number of aromatic nitrogens is 2. The summed E-state index contributed by atoms with van der Waals surface area (Å²) < 4.78 is 8.76. The highest BCUT2D eigenvalue weighted by molar-refractivity contribution is 7.25. The van der Waals surface area contributed by atoms with Crippen LogP contribution in [0.3, 0.4) is 0 Å². The van der Waals surface area contributed by atoms with E-state index in [4.69, 9.17) is 14.4 Å². The summed E-state index contributed by atoms with van der Waals surface area (Å²) in [5.74, 6) is 0.688. The number of para-hydroxylation sites is 1. The summed E-state index contributed by atoms with van der Waals surface area (Å²) in [5, 5.41) is 4.75. The van der Waals surface area contributed by atoms with Gasteiger partial charge in [-0.3, -0.25) is 0 Å². The van der Waals surface area contributed by atoms with Crippen LogP contribution in [0.25, 0.3) is 98.3 Å². The van der Waals surface area contributed by atoms with Crippen LogP contribution >= 0.6 is 11.3 Å². The second-order valence-corrected chi connectivity index (χ2v) is 13.7. The average molecular weight is 657 g/mol. The molecule has 0 spiro atoms. The highest BCUT2D eigenvalue weighted by Gasteiger charge is 2.16. The quantitative estimate of drug-likeness (QED) is 0.185. The Morgan fingerprint density at radius 3 is 1.74 bits per heavy atom. The van der Waals surface area contributed by atoms with Gasteiger partial charge in [0.15, 0.2) is 5.82 Å². The zero-order chi connectivity index (χ0) is 33.0. The molecule has 0 unspecified atom stereocenters. The van der Waals surface area contributed by atoms with Crippen molar-refractivity contribution in [3.8, 4) is 56.2 Å². The van der Waals surface area contributed by atoms with Crippen LogP contribution < -0.4 is 0 Å². The fraction of sp³-hybridized carbons (Fsp3) is 0. The SMILES string of the molecule is c1ccc(-c2cc(-c3ccc4sc5ccccc5c4c3)cc(-c3cc(-c4ccc5oc6ccccc6c5c4)nc(-c4ccccc4)n3)c2)cc1. The molecule has 0 aliphatic carbocycles. The first kappa shape index (κ1) is 28.6. The van der Waals surface area contributed by atoms with Gasteiger partial charge in [-0.05, 0) is 89.0 Å². The summed E-state index contributed by atoms with van der Waals surface area (Å²) in [6, 6.07) is 59.8. The molecule has 10 rings (SSSR count). The number of furan rings is 1. The van der Waals surface area contributed by atoms with Gasteiger partial charge in [0.25, 0.3) is 0 Å². The van der Waals surface area contributed by atoms with E-state index in [1.54, 1.807) is 0 Å². The van der Waals surface area contributed by atoms with Gasteiger partial charge in [-0.15, -0.1) is 11.3 Å². The maximum Gasteiger partial charge on any atom is 0.160 e. The predicted molar refractivity (Wildman–Crippen MR) is 209 cm³/mol. The van der Waals surface area contributed by atoms with E-state index in [2.05, 4.69) is 133 Å². The third-order valence-corrected chi connectivity index (χ3v) is 10.6. The topological polar surface area (TPSA) is 38.9 Å². The highest BCUT2D eigenvalue weighted by atomic mass is 32.1. The zero-order valence-electron chi connectivity index (χ0n) is 26.9. The molecule has 0 saturated carbocycles. The van der Waals surface area contributed by atoms with E-state index in [0.717, 1.165) is 66.7 Å². The molecular weight excluding hydrogens is 629 g/mol. The van der Waals surface area contributed by atoms with Crippen LogP contribution in [0, 0.1) is 0 Å². The Morgan fingerprint density at radius 2 is 0.920 bits per heavy atom. The standard InChI is InChI=1S/C46H28N2OS/c1-3-11-29(12-4-1)33-23-34(31-20-22-45-39(26-31)37-16-8-10-18-44(37)50-45)25-35(24-33)41-28-40(47-46(48-41)30-13-5-2-6-14-30)32-19-21-43-38(27-32)36-15-7-9-17-42(36)49-43/h1-28H. The van der Waals surface area contributed by atoms with Crippen molar-refractivity contribution in [1.82, 2.24) is 9.97 Å². The summed E-state index contributed by atoms with van der Waals surface area (Å²) >= 11 is 1.84. The van der Waals surface area contributed by atoms with Crippen molar-refractivity contribution in [1.29, 1.82) is 0 Å². The molecule has 0 aliphatic rings. The summed E-state index contributed by atoms with van der Waals surface area (Å²) in [5.41, 5.74) is 11.1. The van der Waals surface area contributed by atoms with Gasteiger partial charge < -0.3 is 4.42 Å². The minimum atomic E-state index is 0.688. The van der Waals surface area contributed by atoms with Gasteiger partial charge in [-0.1, -0.05) is 103 Å². The monoisotopic (exact) mass is 656 g/mol. The fourth-order valence-electron chi connectivity index (χ4n) is 6.99. The molecule has 3 aromatic heterocycles. The van der Waals surface area contributed by atoms with E-state index in [1.807, 2.05) is 47.7 Å². The summed E-state index contributed by atoms with van der Waals surface area (Å²) in [6.45, 7) is 0. The number of benzene rings is 7. The largest absolute Gasteiger partial charge is 0.456 e. The second-order valence-electron chi connectivity index (χ2n) is 12.6. The van der Waals surface area contributed by atoms with Crippen molar-refractivity contribution in [2.75, 3.05) is 0 Å². The van der Waals surface area contributed by atoms with E-state index >= 15 is 0 Å². The molecule has 7 aromatic carbocycles. The molecule has 0 fully saturated rings. The normalized spacial score (nSPS) is 11.6. The van der Waals surface area contributed by atoms with Crippen LogP contribution in [0.15, 0.2) is 174 Å². The first-order valence-electron chi connectivity index (χ1n) is 16.7. The van der Waals surface area contributed by atoms with Crippen molar-refractivity contribution >= 4 is 53.4 Å². The lowest BCUT2D eigenvalue weighted by atomic mass is 9.94. The van der Waals surface area contributed by atoms with E-state index in [-0.39, 0.29) is 0 Å². The number of hydrogen-bond donors (Lipinski definition) is 0. The van der Waals surface area contributed by atoms with Crippen LogP contribution in [0.1, 0.15) is 0 Å². The maximum absolute atomic E-state index is 6.15. The van der Waals surface area contributed by atoms with Crippen LogP contribution in [0.2, 0.25) is 0 Å². The lowest BCUT2D eigenvalue weighted by Gasteiger charge is -2.13. The van der Waals surface area contributed by atoms with Crippen molar-refractivity contribution in [3.05, 3.63) is 170 Å². The fourth-order valence-corrected chi connectivity index (χ4v) is 8.08. The molecule has 0 radical (unpaired) electrons. The lowest BCUT2D eigenvalue weighted by molar-refractivity contribution is 0.669. The Morgan fingerprint density at radius 1 is 0.340 bits per heavy atom. The minimum absolute atomic E-state index is 0.688.